The van der Waals surface area contributed by atoms with Gasteiger partial charge in [0.05, 0.1) is 6.10 Å². The molecule has 0 aliphatic rings. The fraction of sp³-hybridized carbons (Fsp3) is 0.176. The fourth-order valence-electron chi connectivity index (χ4n) is 2.08. The number of aryl methyl sites for hydroxylation is 1. The van der Waals surface area contributed by atoms with E-state index in [4.69, 9.17) is 0 Å². The van der Waals surface area contributed by atoms with Crippen LogP contribution in [0, 0.1) is 5.82 Å². The van der Waals surface area contributed by atoms with Gasteiger partial charge in [-0.1, -0.05) is 43.3 Å². The maximum atomic E-state index is 13.4. The Morgan fingerprint density at radius 2 is 1.89 bits per heavy atom. The molecule has 0 bridgehead atoms. The number of benzene rings is 2. The molecule has 0 heterocycles. The first-order chi connectivity index (χ1) is 9.15. The van der Waals surface area contributed by atoms with Gasteiger partial charge in [-0.05, 0) is 40.8 Å². The second-order valence-corrected chi connectivity index (χ2v) is 4.46. The molecular weight excluding hydrogens is 239 g/mol. The first kappa shape index (κ1) is 13.5. The number of aliphatic hydroxyl groups is 1. The molecule has 0 amide bonds. The van der Waals surface area contributed by atoms with Crippen molar-refractivity contribution in [2.75, 3.05) is 0 Å². The van der Waals surface area contributed by atoms with E-state index in [9.17, 15) is 9.50 Å². The van der Waals surface area contributed by atoms with E-state index in [0.29, 0.717) is 11.1 Å². The van der Waals surface area contributed by atoms with Gasteiger partial charge in [0, 0.05) is 0 Å². The van der Waals surface area contributed by atoms with Crippen LogP contribution in [0.25, 0.3) is 11.1 Å². The molecule has 1 unspecified atom stereocenters. The van der Waals surface area contributed by atoms with Crippen LogP contribution in [-0.2, 0) is 6.42 Å². The number of hydrogen-bond donors (Lipinski definition) is 1. The molecule has 0 spiro atoms. The summed E-state index contributed by atoms with van der Waals surface area (Å²) in [6.07, 6.45) is 1.62. The molecule has 0 aliphatic carbocycles. The van der Waals surface area contributed by atoms with Crippen LogP contribution in [-0.4, -0.2) is 5.11 Å². The molecule has 0 radical (unpaired) electrons. The largest absolute Gasteiger partial charge is 0.384 e. The van der Waals surface area contributed by atoms with Gasteiger partial charge in [0.2, 0.25) is 0 Å². The molecule has 98 valence electrons. The van der Waals surface area contributed by atoms with Crippen LogP contribution in [0.1, 0.15) is 24.2 Å². The van der Waals surface area contributed by atoms with Gasteiger partial charge >= 0.3 is 0 Å². The molecule has 1 atom stereocenters. The monoisotopic (exact) mass is 256 g/mol. The molecule has 2 aromatic carbocycles. The van der Waals surface area contributed by atoms with Crippen molar-refractivity contribution in [3.63, 3.8) is 0 Å². The maximum Gasteiger partial charge on any atom is 0.123 e. The minimum atomic E-state index is -0.790. The van der Waals surface area contributed by atoms with Crippen LogP contribution < -0.4 is 0 Å². The summed E-state index contributed by atoms with van der Waals surface area (Å²) in [7, 11) is 0. The molecule has 0 saturated carbocycles. The lowest BCUT2D eigenvalue weighted by atomic mass is 9.95. The van der Waals surface area contributed by atoms with E-state index in [1.807, 2.05) is 24.3 Å². The van der Waals surface area contributed by atoms with Crippen molar-refractivity contribution >= 4 is 0 Å². The van der Waals surface area contributed by atoms with Crippen molar-refractivity contribution in [2.45, 2.75) is 19.4 Å². The van der Waals surface area contributed by atoms with E-state index < -0.39 is 6.10 Å². The van der Waals surface area contributed by atoms with Gasteiger partial charge in [0.15, 0.2) is 0 Å². The second-order valence-electron chi connectivity index (χ2n) is 4.46. The second kappa shape index (κ2) is 5.81. The van der Waals surface area contributed by atoms with E-state index in [-0.39, 0.29) is 5.82 Å². The molecule has 1 N–H and O–H groups in total. The minimum Gasteiger partial charge on any atom is -0.384 e. The van der Waals surface area contributed by atoms with Gasteiger partial charge in [-0.15, -0.1) is 6.58 Å². The third-order valence-electron chi connectivity index (χ3n) is 3.23. The highest BCUT2D eigenvalue weighted by atomic mass is 19.1. The predicted octanol–water partition coefficient (Wildman–Crippen LogP) is 4.27. The predicted molar refractivity (Wildman–Crippen MR) is 76.4 cm³/mol. The van der Waals surface area contributed by atoms with Crippen molar-refractivity contribution in [3.05, 3.63) is 72.1 Å². The Bertz CT molecular complexity index is 572. The Hall–Kier alpha value is -1.93. The van der Waals surface area contributed by atoms with Crippen LogP contribution in [0.3, 0.4) is 0 Å². The van der Waals surface area contributed by atoms with Crippen molar-refractivity contribution < 1.29 is 9.50 Å². The summed E-state index contributed by atoms with van der Waals surface area (Å²) in [6.45, 7) is 5.67. The van der Waals surface area contributed by atoms with Gasteiger partial charge < -0.3 is 5.11 Å². The fourth-order valence-corrected chi connectivity index (χ4v) is 2.08. The van der Waals surface area contributed by atoms with Crippen LogP contribution in [0.15, 0.2) is 55.1 Å². The highest BCUT2D eigenvalue weighted by Gasteiger charge is 2.12. The zero-order chi connectivity index (χ0) is 13.8. The zero-order valence-corrected chi connectivity index (χ0v) is 10.9. The maximum absolute atomic E-state index is 13.4. The Morgan fingerprint density at radius 1 is 1.21 bits per heavy atom. The van der Waals surface area contributed by atoms with E-state index in [1.54, 1.807) is 6.07 Å². The summed E-state index contributed by atoms with van der Waals surface area (Å²) in [5.41, 5.74) is 3.49. The SMILES string of the molecule is C=CC(O)c1ccc(F)cc1-c1ccc(CC)cc1. The average molecular weight is 256 g/mol. The third-order valence-corrected chi connectivity index (χ3v) is 3.23. The molecule has 0 aromatic heterocycles. The molecule has 2 aromatic rings. The number of aliphatic hydroxyl groups excluding tert-OH is 1. The first-order valence-corrected chi connectivity index (χ1v) is 6.35. The van der Waals surface area contributed by atoms with Crippen molar-refractivity contribution in [2.24, 2.45) is 0 Å². The molecule has 0 aliphatic heterocycles. The first-order valence-electron chi connectivity index (χ1n) is 6.35. The van der Waals surface area contributed by atoms with E-state index in [1.165, 1.54) is 23.8 Å². The molecule has 19 heavy (non-hydrogen) atoms. The highest BCUT2D eigenvalue weighted by molar-refractivity contribution is 5.68. The highest BCUT2D eigenvalue weighted by Crippen LogP contribution is 2.30. The van der Waals surface area contributed by atoms with Crippen LogP contribution >= 0.6 is 0 Å². The normalized spacial score (nSPS) is 12.2. The van der Waals surface area contributed by atoms with Crippen LogP contribution in [0.4, 0.5) is 4.39 Å². The quantitative estimate of drug-likeness (QED) is 0.810. The summed E-state index contributed by atoms with van der Waals surface area (Å²) in [4.78, 5) is 0. The average Bonchev–Trinajstić information content (AvgIpc) is 2.46. The Labute approximate surface area is 113 Å². The number of hydrogen-bond acceptors (Lipinski definition) is 1. The summed E-state index contributed by atoms with van der Waals surface area (Å²) in [5.74, 6) is -0.311. The summed E-state index contributed by atoms with van der Waals surface area (Å²) < 4.78 is 13.4. The van der Waals surface area contributed by atoms with Gasteiger partial charge in [-0.2, -0.15) is 0 Å². The van der Waals surface area contributed by atoms with Gasteiger partial charge in [0.25, 0.3) is 0 Å². The van der Waals surface area contributed by atoms with Crippen LogP contribution in [0.2, 0.25) is 0 Å². The van der Waals surface area contributed by atoms with Gasteiger partial charge in [-0.3, -0.25) is 0 Å². The Kier molecular flexibility index (Phi) is 4.13. The smallest absolute Gasteiger partial charge is 0.123 e. The summed E-state index contributed by atoms with van der Waals surface area (Å²) >= 11 is 0. The Balaban J connectivity index is 2.52. The Morgan fingerprint density at radius 3 is 2.47 bits per heavy atom. The molecule has 2 heteroatoms. The molecule has 2 rings (SSSR count). The lowest BCUT2D eigenvalue weighted by molar-refractivity contribution is 0.229. The number of rotatable bonds is 4. The summed E-state index contributed by atoms with van der Waals surface area (Å²) in [5, 5.41) is 9.92. The van der Waals surface area contributed by atoms with E-state index in [2.05, 4.69) is 13.5 Å². The van der Waals surface area contributed by atoms with Crippen molar-refractivity contribution in [1.29, 1.82) is 0 Å². The van der Waals surface area contributed by atoms with Crippen LogP contribution in [0.5, 0.6) is 0 Å². The molecule has 0 fully saturated rings. The standard InChI is InChI=1S/C17H17FO/c1-3-12-5-7-13(8-6-12)16-11-14(18)9-10-15(16)17(19)4-2/h4-11,17,19H,2-3H2,1H3. The van der Waals surface area contributed by atoms with Crippen molar-refractivity contribution in [1.82, 2.24) is 0 Å². The third kappa shape index (κ3) is 2.91. The molecular formula is C17H17FO. The van der Waals surface area contributed by atoms with E-state index in [0.717, 1.165) is 12.0 Å². The zero-order valence-electron chi connectivity index (χ0n) is 10.9. The topological polar surface area (TPSA) is 20.2 Å². The van der Waals surface area contributed by atoms with Crippen molar-refractivity contribution in [3.8, 4) is 11.1 Å². The lowest BCUT2D eigenvalue weighted by Gasteiger charge is -2.13. The van der Waals surface area contributed by atoms with E-state index >= 15 is 0 Å². The number of halogens is 1. The van der Waals surface area contributed by atoms with Gasteiger partial charge in [0.1, 0.15) is 5.82 Å². The van der Waals surface area contributed by atoms with Gasteiger partial charge in [-0.25, -0.2) is 4.39 Å². The lowest BCUT2D eigenvalue weighted by Crippen LogP contribution is -1.97. The molecule has 0 saturated heterocycles. The summed E-state index contributed by atoms with van der Waals surface area (Å²) in [6, 6.07) is 12.3. The molecule has 1 nitrogen and oxygen atoms in total. The minimum absolute atomic E-state index is 0.311.